The average Bonchev–Trinajstić information content (AvgIpc) is 3.14. The van der Waals surface area contributed by atoms with Gasteiger partial charge in [0.05, 0.1) is 5.92 Å². The van der Waals surface area contributed by atoms with E-state index in [1.807, 2.05) is 4.90 Å². The zero-order valence-electron chi connectivity index (χ0n) is 10.6. The predicted octanol–water partition coefficient (Wildman–Crippen LogP) is 1.41. The number of pyridine rings is 1. The zero-order valence-corrected chi connectivity index (χ0v) is 10.6. The van der Waals surface area contributed by atoms with Crippen LogP contribution in [0, 0.1) is 11.3 Å². The van der Waals surface area contributed by atoms with Crippen LogP contribution >= 0.6 is 0 Å². The number of carboxylic acids is 1. The summed E-state index contributed by atoms with van der Waals surface area (Å²) in [6, 6.07) is 3.42. The van der Waals surface area contributed by atoms with Gasteiger partial charge < -0.3 is 10.0 Å². The summed E-state index contributed by atoms with van der Waals surface area (Å²) in [5, 5.41) is 9.04. The Kier molecular flexibility index (Phi) is 2.77. The van der Waals surface area contributed by atoms with Crippen LogP contribution in [0.25, 0.3) is 0 Å². The Morgan fingerprint density at radius 2 is 1.89 bits per heavy atom. The molecule has 5 heteroatoms. The van der Waals surface area contributed by atoms with Crippen LogP contribution in [0.2, 0.25) is 0 Å². The van der Waals surface area contributed by atoms with E-state index in [1.165, 1.54) is 0 Å². The number of rotatable bonds is 2. The second kappa shape index (κ2) is 4.33. The van der Waals surface area contributed by atoms with Crippen LogP contribution in [0.3, 0.4) is 0 Å². The highest BCUT2D eigenvalue weighted by atomic mass is 16.4. The summed E-state index contributed by atoms with van der Waals surface area (Å²) in [6.07, 6.45) is 5.61. The van der Waals surface area contributed by atoms with E-state index < -0.39 is 5.97 Å². The summed E-state index contributed by atoms with van der Waals surface area (Å²) in [7, 11) is 0. The van der Waals surface area contributed by atoms with Gasteiger partial charge in [0, 0.05) is 31.0 Å². The summed E-state index contributed by atoms with van der Waals surface area (Å²) in [5.74, 6) is -0.857. The van der Waals surface area contributed by atoms with Crippen molar-refractivity contribution in [2.75, 3.05) is 13.1 Å². The number of hydrogen-bond acceptors (Lipinski definition) is 3. The fourth-order valence-corrected chi connectivity index (χ4v) is 3.08. The molecule has 0 aromatic carbocycles. The minimum absolute atomic E-state index is 0.0183. The number of carboxylic acid groups (broad SMARTS) is 1. The number of aromatic nitrogens is 1. The molecule has 1 aliphatic carbocycles. The second-order valence-corrected chi connectivity index (χ2v) is 5.49. The number of nitrogens with zero attached hydrogens (tertiary/aromatic N) is 2. The lowest BCUT2D eigenvalue weighted by Crippen LogP contribution is -2.40. The maximum atomic E-state index is 12.2. The van der Waals surface area contributed by atoms with Crippen LogP contribution in [-0.2, 0) is 4.79 Å². The zero-order chi connectivity index (χ0) is 13.5. The Labute approximate surface area is 111 Å². The van der Waals surface area contributed by atoms with Crippen molar-refractivity contribution in [2.45, 2.75) is 19.3 Å². The van der Waals surface area contributed by atoms with Crippen molar-refractivity contribution in [1.82, 2.24) is 9.88 Å². The first-order chi connectivity index (χ1) is 9.12. The number of piperidine rings is 1. The van der Waals surface area contributed by atoms with Crippen molar-refractivity contribution in [3.05, 3.63) is 30.1 Å². The van der Waals surface area contributed by atoms with E-state index in [1.54, 1.807) is 24.5 Å². The molecule has 1 saturated heterocycles. The molecule has 2 fully saturated rings. The summed E-state index contributed by atoms with van der Waals surface area (Å²) >= 11 is 0. The Morgan fingerprint density at radius 1 is 1.26 bits per heavy atom. The molecule has 1 amide bonds. The molecule has 1 saturated carbocycles. The molecule has 1 aromatic rings. The van der Waals surface area contributed by atoms with Gasteiger partial charge in [-0.15, -0.1) is 0 Å². The van der Waals surface area contributed by atoms with Gasteiger partial charge in [0.2, 0.25) is 0 Å². The van der Waals surface area contributed by atoms with E-state index in [9.17, 15) is 9.59 Å². The number of aliphatic carboxylic acids is 1. The van der Waals surface area contributed by atoms with E-state index >= 15 is 0 Å². The average molecular weight is 260 g/mol. The van der Waals surface area contributed by atoms with Crippen molar-refractivity contribution in [1.29, 1.82) is 0 Å². The molecule has 100 valence electrons. The summed E-state index contributed by atoms with van der Waals surface area (Å²) in [4.78, 5) is 28.9. The van der Waals surface area contributed by atoms with Gasteiger partial charge in [-0.25, -0.2) is 0 Å². The largest absolute Gasteiger partial charge is 0.481 e. The molecule has 0 radical (unpaired) electrons. The molecule has 2 aliphatic rings. The van der Waals surface area contributed by atoms with Crippen molar-refractivity contribution < 1.29 is 14.7 Å². The number of hydrogen-bond donors (Lipinski definition) is 1. The highest BCUT2D eigenvalue weighted by molar-refractivity contribution is 5.94. The molecule has 1 aliphatic heterocycles. The van der Waals surface area contributed by atoms with E-state index in [0.717, 1.165) is 19.3 Å². The fraction of sp³-hybridized carbons (Fsp3) is 0.500. The molecule has 1 spiro atoms. The van der Waals surface area contributed by atoms with E-state index in [-0.39, 0.29) is 17.2 Å². The molecule has 1 aromatic heterocycles. The van der Waals surface area contributed by atoms with Gasteiger partial charge in [0.25, 0.3) is 5.91 Å². The van der Waals surface area contributed by atoms with Gasteiger partial charge in [-0.2, -0.15) is 0 Å². The Morgan fingerprint density at radius 3 is 2.42 bits per heavy atom. The van der Waals surface area contributed by atoms with Gasteiger partial charge in [-0.3, -0.25) is 14.6 Å². The smallest absolute Gasteiger partial charge is 0.307 e. The Bertz CT molecular complexity index is 507. The van der Waals surface area contributed by atoms with Crippen LogP contribution in [0.4, 0.5) is 0 Å². The Hall–Kier alpha value is -1.91. The fourth-order valence-electron chi connectivity index (χ4n) is 3.08. The molecule has 5 nitrogen and oxygen atoms in total. The van der Waals surface area contributed by atoms with Crippen LogP contribution in [0.5, 0.6) is 0 Å². The monoisotopic (exact) mass is 260 g/mol. The minimum Gasteiger partial charge on any atom is -0.481 e. The lowest BCUT2D eigenvalue weighted by Gasteiger charge is -2.32. The lowest BCUT2D eigenvalue weighted by atomic mass is 9.90. The van der Waals surface area contributed by atoms with Gasteiger partial charge in [0.15, 0.2) is 0 Å². The first kappa shape index (κ1) is 12.1. The molecule has 1 N–H and O–H groups in total. The van der Waals surface area contributed by atoms with Gasteiger partial charge in [-0.1, -0.05) is 0 Å². The third-order valence-electron chi connectivity index (χ3n) is 4.46. The molecular formula is C14H16N2O3. The van der Waals surface area contributed by atoms with E-state index in [0.29, 0.717) is 18.7 Å². The lowest BCUT2D eigenvalue weighted by molar-refractivity contribution is -0.139. The maximum Gasteiger partial charge on any atom is 0.307 e. The van der Waals surface area contributed by atoms with Gasteiger partial charge in [0.1, 0.15) is 0 Å². The maximum absolute atomic E-state index is 12.2. The van der Waals surface area contributed by atoms with Crippen LogP contribution in [0.1, 0.15) is 29.6 Å². The second-order valence-electron chi connectivity index (χ2n) is 5.49. The molecule has 1 unspecified atom stereocenters. The summed E-state index contributed by atoms with van der Waals surface area (Å²) < 4.78 is 0. The molecule has 0 bridgehead atoms. The number of amides is 1. The topological polar surface area (TPSA) is 70.5 Å². The third-order valence-corrected chi connectivity index (χ3v) is 4.46. The molecule has 3 rings (SSSR count). The van der Waals surface area contributed by atoms with Gasteiger partial charge in [-0.05, 0) is 36.8 Å². The summed E-state index contributed by atoms with van der Waals surface area (Å²) in [6.45, 7) is 1.32. The molecule has 1 atom stereocenters. The van der Waals surface area contributed by atoms with Crippen molar-refractivity contribution >= 4 is 11.9 Å². The Balaban J connectivity index is 1.62. The van der Waals surface area contributed by atoms with Crippen LogP contribution in [-0.4, -0.2) is 40.0 Å². The molecule has 19 heavy (non-hydrogen) atoms. The van der Waals surface area contributed by atoms with Crippen LogP contribution in [0.15, 0.2) is 24.5 Å². The highest BCUT2D eigenvalue weighted by Crippen LogP contribution is 2.59. The SMILES string of the molecule is O=C(O)C1CC12CCN(C(=O)c1ccncc1)CC2. The molecule has 2 heterocycles. The van der Waals surface area contributed by atoms with Crippen LogP contribution < -0.4 is 0 Å². The quantitative estimate of drug-likeness (QED) is 0.872. The van der Waals surface area contributed by atoms with E-state index in [4.69, 9.17) is 5.11 Å². The molecular weight excluding hydrogens is 244 g/mol. The van der Waals surface area contributed by atoms with Gasteiger partial charge >= 0.3 is 5.97 Å². The van der Waals surface area contributed by atoms with Crippen molar-refractivity contribution in [3.8, 4) is 0 Å². The minimum atomic E-state index is -0.686. The normalized spacial score (nSPS) is 24.2. The van der Waals surface area contributed by atoms with Crippen molar-refractivity contribution in [3.63, 3.8) is 0 Å². The first-order valence-corrected chi connectivity index (χ1v) is 6.54. The highest BCUT2D eigenvalue weighted by Gasteiger charge is 2.59. The standard InChI is InChI=1S/C14H16N2O3/c17-12(10-1-5-15-6-2-10)16-7-3-14(4-8-16)9-11(14)13(18)19/h1-2,5-6,11H,3-4,7-9H2,(H,18,19). The van der Waals surface area contributed by atoms with E-state index in [2.05, 4.69) is 4.98 Å². The summed E-state index contributed by atoms with van der Waals surface area (Å²) in [5.41, 5.74) is 0.623. The van der Waals surface area contributed by atoms with Crippen molar-refractivity contribution in [2.24, 2.45) is 11.3 Å². The predicted molar refractivity (Wildman–Crippen MR) is 67.6 cm³/mol. The first-order valence-electron chi connectivity index (χ1n) is 6.54. The number of likely N-dealkylation sites (tertiary alicyclic amines) is 1. The number of carbonyl (C=O) groups is 2. The number of carbonyl (C=O) groups excluding carboxylic acids is 1. The third kappa shape index (κ3) is 2.09.